The van der Waals surface area contributed by atoms with Crippen LogP contribution in [0.15, 0.2) is 41.3 Å². The SMILES string of the molecule is Cc1ccc(OC2CCN(S(=O)(=O)c3ccc(C(C)(C)C)cc3)C2)nn1. The molecule has 140 valence electrons. The van der Waals surface area contributed by atoms with Crippen molar-refractivity contribution in [2.75, 3.05) is 13.1 Å². The first-order valence-electron chi connectivity index (χ1n) is 8.74. The van der Waals surface area contributed by atoms with Gasteiger partial charge in [0.05, 0.1) is 17.1 Å². The predicted molar refractivity (Wildman–Crippen MR) is 99.7 cm³/mol. The Kier molecular flexibility index (Phi) is 5.03. The second-order valence-electron chi connectivity index (χ2n) is 7.68. The van der Waals surface area contributed by atoms with Gasteiger partial charge in [0.15, 0.2) is 0 Å². The molecule has 26 heavy (non-hydrogen) atoms. The first-order chi connectivity index (χ1) is 12.2. The molecule has 3 rings (SSSR count). The molecule has 0 bridgehead atoms. The minimum Gasteiger partial charge on any atom is -0.472 e. The Morgan fingerprint density at radius 3 is 2.35 bits per heavy atom. The van der Waals surface area contributed by atoms with E-state index in [0.717, 1.165) is 11.3 Å². The molecule has 0 N–H and O–H groups in total. The van der Waals surface area contributed by atoms with Crippen LogP contribution in [0.4, 0.5) is 0 Å². The van der Waals surface area contributed by atoms with E-state index in [2.05, 4.69) is 31.0 Å². The van der Waals surface area contributed by atoms with E-state index < -0.39 is 10.0 Å². The van der Waals surface area contributed by atoms with Crippen LogP contribution in [0.5, 0.6) is 5.88 Å². The molecule has 1 aliphatic rings. The summed E-state index contributed by atoms with van der Waals surface area (Å²) >= 11 is 0. The van der Waals surface area contributed by atoms with Crippen molar-refractivity contribution in [1.82, 2.24) is 14.5 Å². The van der Waals surface area contributed by atoms with Crippen molar-refractivity contribution in [1.29, 1.82) is 0 Å². The molecule has 0 radical (unpaired) electrons. The Morgan fingerprint density at radius 1 is 1.08 bits per heavy atom. The number of benzene rings is 1. The molecule has 1 aromatic carbocycles. The van der Waals surface area contributed by atoms with Gasteiger partial charge in [-0.15, -0.1) is 5.10 Å². The number of hydrogen-bond donors (Lipinski definition) is 0. The number of sulfonamides is 1. The third kappa shape index (κ3) is 4.04. The fourth-order valence-corrected chi connectivity index (χ4v) is 4.39. The van der Waals surface area contributed by atoms with Crippen molar-refractivity contribution in [3.63, 3.8) is 0 Å². The van der Waals surface area contributed by atoms with Crippen LogP contribution in [-0.4, -0.2) is 42.1 Å². The van der Waals surface area contributed by atoms with Gasteiger partial charge < -0.3 is 4.74 Å². The molecule has 1 saturated heterocycles. The number of aryl methyl sites for hydroxylation is 1. The van der Waals surface area contributed by atoms with Crippen LogP contribution >= 0.6 is 0 Å². The molecule has 0 amide bonds. The standard InChI is InChI=1S/C19H25N3O3S/c1-14-5-10-18(21-20-14)25-16-11-12-22(13-16)26(23,24)17-8-6-15(7-9-17)19(2,3)4/h5-10,16H,11-13H2,1-4H3. The van der Waals surface area contributed by atoms with Crippen LogP contribution in [0.1, 0.15) is 38.4 Å². The molecule has 0 saturated carbocycles. The maximum atomic E-state index is 12.9. The number of rotatable bonds is 4. The molecule has 6 nitrogen and oxygen atoms in total. The highest BCUT2D eigenvalue weighted by molar-refractivity contribution is 7.89. The van der Waals surface area contributed by atoms with Gasteiger partial charge in [0, 0.05) is 12.6 Å². The third-order valence-corrected chi connectivity index (χ3v) is 6.41. The number of aromatic nitrogens is 2. The predicted octanol–water partition coefficient (Wildman–Crippen LogP) is 2.92. The van der Waals surface area contributed by atoms with Gasteiger partial charge in [-0.05, 0) is 42.5 Å². The lowest BCUT2D eigenvalue weighted by Crippen LogP contribution is -2.31. The Bertz CT molecular complexity index is 856. The van der Waals surface area contributed by atoms with Crippen LogP contribution in [0.3, 0.4) is 0 Å². The van der Waals surface area contributed by atoms with E-state index in [1.807, 2.05) is 25.1 Å². The molecule has 0 spiro atoms. The molecule has 0 aliphatic carbocycles. The Hall–Kier alpha value is -1.99. The molecule has 1 atom stereocenters. The van der Waals surface area contributed by atoms with Crippen molar-refractivity contribution in [2.45, 2.75) is 50.5 Å². The topological polar surface area (TPSA) is 72.4 Å². The summed E-state index contributed by atoms with van der Waals surface area (Å²) in [5.74, 6) is 0.425. The summed E-state index contributed by atoms with van der Waals surface area (Å²) in [6, 6.07) is 10.7. The van der Waals surface area contributed by atoms with Gasteiger partial charge in [-0.25, -0.2) is 8.42 Å². The van der Waals surface area contributed by atoms with Gasteiger partial charge >= 0.3 is 0 Å². The summed E-state index contributed by atoms with van der Waals surface area (Å²) in [5.41, 5.74) is 1.91. The van der Waals surface area contributed by atoms with E-state index >= 15 is 0 Å². The summed E-state index contributed by atoms with van der Waals surface area (Å²) in [5, 5.41) is 7.94. The smallest absolute Gasteiger partial charge is 0.243 e. The maximum absolute atomic E-state index is 12.9. The molecule has 1 aliphatic heterocycles. The average molecular weight is 375 g/mol. The zero-order chi connectivity index (χ0) is 18.9. The van der Waals surface area contributed by atoms with Gasteiger partial charge in [0.1, 0.15) is 6.10 Å². The second kappa shape index (κ2) is 6.96. The van der Waals surface area contributed by atoms with Crippen LogP contribution in [0.2, 0.25) is 0 Å². The third-order valence-electron chi connectivity index (χ3n) is 4.53. The van der Waals surface area contributed by atoms with E-state index in [1.165, 1.54) is 4.31 Å². The molecular formula is C19H25N3O3S. The Balaban J connectivity index is 1.69. The van der Waals surface area contributed by atoms with Crippen molar-refractivity contribution >= 4 is 10.0 Å². The van der Waals surface area contributed by atoms with Crippen molar-refractivity contribution in [3.05, 3.63) is 47.7 Å². The fraction of sp³-hybridized carbons (Fsp3) is 0.474. The Morgan fingerprint density at radius 2 is 1.77 bits per heavy atom. The van der Waals surface area contributed by atoms with E-state index in [9.17, 15) is 8.42 Å². The average Bonchev–Trinajstić information content (AvgIpc) is 3.06. The lowest BCUT2D eigenvalue weighted by Gasteiger charge is -2.20. The molecule has 1 fully saturated rings. The highest BCUT2D eigenvalue weighted by atomic mass is 32.2. The van der Waals surface area contributed by atoms with E-state index in [0.29, 0.717) is 30.3 Å². The second-order valence-corrected chi connectivity index (χ2v) is 9.62. The minimum atomic E-state index is -3.52. The van der Waals surface area contributed by atoms with Gasteiger partial charge in [0.25, 0.3) is 0 Å². The van der Waals surface area contributed by atoms with Crippen molar-refractivity contribution in [3.8, 4) is 5.88 Å². The molecule has 7 heteroatoms. The highest BCUT2D eigenvalue weighted by Crippen LogP contribution is 2.27. The van der Waals surface area contributed by atoms with Gasteiger partial charge in [-0.2, -0.15) is 9.40 Å². The molecular weight excluding hydrogens is 350 g/mol. The van der Waals surface area contributed by atoms with E-state index in [4.69, 9.17) is 4.74 Å². The van der Waals surface area contributed by atoms with Crippen molar-refractivity contribution < 1.29 is 13.2 Å². The lowest BCUT2D eigenvalue weighted by molar-refractivity contribution is 0.204. The summed E-state index contributed by atoms with van der Waals surface area (Å²) in [6.45, 7) is 8.92. The fourth-order valence-electron chi connectivity index (χ4n) is 2.91. The van der Waals surface area contributed by atoms with Crippen LogP contribution < -0.4 is 4.74 Å². The zero-order valence-corrected chi connectivity index (χ0v) is 16.5. The lowest BCUT2D eigenvalue weighted by atomic mass is 9.87. The first-order valence-corrected chi connectivity index (χ1v) is 10.2. The quantitative estimate of drug-likeness (QED) is 0.822. The zero-order valence-electron chi connectivity index (χ0n) is 15.6. The van der Waals surface area contributed by atoms with Crippen LogP contribution in [0.25, 0.3) is 0 Å². The normalized spacial score (nSPS) is 18.8. The molecule has 2 aromatic rings. The van der Waals surface area contributed by atoms with Gasteiger partial charge in [0.2, 0.25) is 15.9 Å². The molecule has 1 unspecified atom stereocenters. The maximum Gasteiger partial charge on any atom is 0.243 e. The number of nitrogens with zero attached hydrogens (tertiary/aromatic N) is 3. The monoisotopic (exact) mass is 375 g/mol. The van der Waals surface area contributed by atoms with Crippen LogP contribution in [-0.2, 0) is 15.4 Å². The Labute approximate surface area is 155 Å². The first kappa shape index (κ1) is 18.8. The largest absolute Gasteiger partial charge is 0.472 e. The summed E-state index contributed by atoms with van der Waals surface area (Å²) in [4.78, 5) is 0.321. The summed E-state index contributed by atoms with van der Waals surface area (Å²) < 4.78 is 33.0. The van der Waals surface area contributed by atoms with E-state index in [1.54, 1.807) is 18.2 Å². The van der Waals surface area contributed by atoms with Gasteiger partial charge in [-0.3, -0.25) is 0 Å². The van der Waals surface area contributed by atoms with Gasteiger partial charge in [-0.1, -0.05) is 32.9 Å². The summed E-state index contributed by atoms with van der Waals surface area (Å²) in [7, 11) is -3.52. The summed E-state index contributed by atoms with van der Waals surface area (Å²) in [6.07, 6.45) is 0.421. The van der Waals surface area contributed by atoms with Crippen molar-refractivity contribution in [2.24, 2.45) is 0 Å². The minimum absolute atomic E-state index is 0.00998. The number of ether oxygens (including phenoxy) is 1. The molecule has 2 heterocycles. The van der Waals surface area contributed by atoms with E-state index in [-0.39, 0.29) is 11.5 Å². The molecule has 1 aromatic heterocycles. The van der Waals surface area contributed by atoms with Crippen LogP contribution in [0, 0.1) is 6.92 Å². The highest BCUT2D eigenvalue weighted by Gasteiger charge is 2.34. The number of hydrogen-bond acceptors (Lipinski definition) is 5.